The van der Waals surface area contributed by atoms with Crippen molar-refractivity contribution in [3.63, 3.8) is 0 Å². The van der Waals surface area contributed by atoms with E-state index >= 15 is 0 Å². The number of hydrogen-bond acceptors (Lipinski definition) is 5. The molecule has 2 aromatic rings. The van der Waals surface area contributed by atoms with Crippen LogP contribution in [0.2, 0.25) is 0 Å². The Kier molecular flexibility index (Phi) is 6.09. The molecule has 0 saturated carbocycles. The number of aromatic nitrogens is 2. The summed E-state index contributed by atoms with van der Waals surface area (Å²) in [6.45, 7) is 8.74. The first-order chi connectivity index (χ1) is 14.2. The molecule has 0 radical (unpaired) electrons. The molecule has 1 aromatic heterocycles. The molecule has 6 nitrogen and oxygen atoms in total. The Morgan fingerprint density at radius 3 is 2.48 bits per heavy atom. The zero-order valence-corrected chi connectivity index (χ0v) is 17.5. The molecule has 0 spiro atoms. The topological polar surface area (TPSA) is 58.6 Å². The van der Waals surface area contributed by atoms with Crippen LogP contribution in [0.1, 0.15) is 46.2 Å². The van der Waals surface area contributed by atoms with Crippen LogP contribution in [-0.4, -0.2) is 60.2 Å². The first kappa shape index (κ1) is 19.8. The van der Waals surface area contributed by atoms with E-state index in [9.17, 15) is 4.79 Å². The largest absolute Gasteiger partial charge is 0.378 e. The third-order valence-electron chi connectivity index (χ3n) is 5.86. The average Bonchev–Trinajstić information content (AvgIpc) is 2.98. The summed E-state index contributed by atoms with van der Waals surface area (Å²) in [6, 6.07) is 8.08. The SMILES string of the molecule is CCCc1ccc(C(=O)N2CCc3nc(N4CCOCC4)nc(C)c3CC2)cc1. The van der Waals surface area contributed by atoms with E-state index in [0.717, 1.165) is 74.9 Å². The van der Waals surface area contributed by atoms with Gasteiger partial charge in [-0.3, -0.25) is 4.79 Å². The van der Waals surface area contributed by atoms with E-state index in [2.05, 4.69) is 30.9 Å². The van der Waals surface area contributed by atoms with Crippen molar-refractivity contribution in [1.29, 1.82) is 0 Å². The maximum atomic E-state index is 13.0. The molecule has 0 aliphatic carbocycles. The number of ether oxygens (including phenoxy) is 1. The lowest BCUT2D eigenvalue weighted by molar-refractivity contribution is 0.0763. The molecule has 29 heavy (non-hydrogen) atoms. The standard InChI is InChI=1S/C23H30N4O2/c1-3-4-18-5-7-19(8-6-18)22(28)26-11-9-20-17(2)24-23(25-21(20)10-12-26)27-13-15-29-16-14-27/h5-8H,3-4,9-16H2,1-2H3. The first-order valence-corrected chi connectivity index (χ1v) is 10.7. The molecule has 0 N–H and O–H groups in total. The van der Waals surface area contributed by atoms with E-state index < -0.39 is 0 Å². The van der Waals surface area contributed by atoms with Crippen LogP contribution in [0.25, 0.3) is 0 Å². The number of anilines is 1. The summed E-state index contributed by atoms with van der Waals surface area (Å²) < 4.78 is 5.45. The van der Waals surface area contributed by atoms with E-state index in [0.29, 0.717) is 13.1 Å². The zero-order valence-electron chi connectivity index (χ0n) is 17.5. The Balaban J connectivity index is 1.48. The summed E-state index contributed by atoms with van der Waals surface area (Å²) >= 11 is 0. The van der Waals surface area contributed by atoms with E-state index in [1.807, 2.05) is 17.0 Å². The number of benzene rings is 1. The molecule has 1 saturated heterocycles. The molecule has 0 bridgehead atoms. The summed E-state index contributed by atoms with van der Waals surface area (Å²) in [7, 11) is 0. The van der Waals surface area contributed by atoms with E-state index in [4.69, 9.17) is 14.7 Å². The molecule has 1 aromatic carbocycles. The van der Waals surface area contributed by atoms with Crippen LogP contribution in [0.3, 0.4) is 0 Å². The molecular weight excluding hydrogens is 364 g/mol. The number of carbonyl (C=O) groups is 1. The summed E-state index contributed by atoms with van der Waals surface area (Å²) in [5.41, 5.74) is 5.39. The Hall–Kier alpha value is -2.47. The Morgan fingerprint density at radius 1 is 1.03 bits per heavy atom. The van der Waals surface area contributed by atoms with Gasteiger partial charge in [-0.2, -0.15) is 0 Å². The van der Waals surface area contributed by atoms with Gasteiger partial charge in [0.15, 0.2) is 0 Å². The summed E-state index contributed by atoms with van der Waals surface area (Å²) in [5, 5.41) is 0. The van der Waals surface area contributed by atoms with Gasteiger partial charge in [0.2, 0.25) is 5.95 Å². The minimum atomic E-state index is 0.111. The monoisotopic (exact) mass is 394 g/mol. The van der Waals surface area contributed by atoms with E-state index in [1.165, 1.54) is 11.1 Å². The van der Waals surface area contributed by atoms with Crippen LogP contribution in [-0.2, 0) is 24.0 Å². The first-order valence-electron chi connectivity index (χ1n) is 10.7. The number of carbonyl (C=O) groups excluding carboxylic acids is 1. The second kappa shape index (κ2) is 8.91. The quantitative estimate of drug-likeness (QED) is 0.798. The van der Waals surface area contributed by atoms with Crippen LogP contribution < -0.4 is 4.90 Å². The molecule has 1 amide bonds. The molecule has 2 aliphatic rings. The van der Waals surface area contributed by atoms with E-state index in [1.54, 1.807) is 0 Å². The normalized spacial score (nSPS) is 17.0. The van der Waals surface area contributed by atoms with Crippen molar-refractivity contribution in [1.82, 2.24) is 14.9 Å². The number of fused-ring (bicyclic) bond motifs is 1. The molecule has 154 valence electrons. The smallest absolute Gasteiger partial charge is 0.253 e. The van der Waals surface area contributed by atoms with Gasteiger partial charge in [-0.1, -0.05) is 25.5 Å². The fourth-order valence-corrected chi connectivity index (χ4v) is 4.16. The van der Waals surface area contributed by atoms with Crippen molar-refractivity contribution < 1.29 is 9.53 Å². The summed E-state index contributed by atoms with van der Waals surface area (Å²) in [6.07, 6.45) is 3.75. The van der Waals surface area contributed by atoms with Gasteiger partial charge >= 0.3 is 0 Å². The zero-order chi connectivity index (χ0) is 20.2. The van der Waals surface area contributed by atoms with Gasteiger partial charge in [0, 0.05) is 43.9 Å². The number of hydrogen-bond donors (Lipinski definition) is 0. The molecule has 2 aliphatic heterocycles. The highest BCUT2D eigenvalue weighted by atomic mass is 16.5. The lowest BCUT2D eigenvalue weighted by Gasteiger charge is -2.27. The van der Waals surface area contributed by atoms with Crippen LogP contribution in [0.15, 0.2) is 24.3 Å². The van der Waals surface area contributed by atoms with Gasteiger partial charge in [0.25, 0.3) is 5.91 Å². The Bertz CT molecular complexity index is 860. The molecule has 1 fully saturated rings. The van der Waals surface area contributed by atoms with Crippen LogP contribution in [0.5, 0.6) is 0 Å². The van der Waals surface area contributed by atoms with Crippen molar-refractivity contribution >= 4 is 11.9 Å². The average molecular weight is 395 g/mol. The molecule has 0 atom stereocenters. The van der Waals surface area contributed by atoms with Crippen molar-refractivity contribution in [2.24, 2.45) is 0 Å². The maximum absolute atomic E-state index is 13.0. The van der Waals surface area contributed by atoms with Gasteiger partial charge < -0.3 is 14.5 Å². The maximum Gasteiger partial charge on any atom is 0.253 e. The summed E-state index contributed by atoms with van der Waals surface area (Å²) in [4.78, 5) is 26.8. The number of amides is 1. The van der Waals surface area contributed by atoms with Crippen LogP contribution in [0, 0.1) is 6.92 Å². The molecule has 6 heteroatoms. The van der Waals surface area contributed by atoms with Crippen molar-refractivity contribution in [2.45, 2.75) is 39.5 Å². The van der Waals surface area contributed by atoms with Gasteiger partial charge in [0.05, 0.1) is 18.9 Å². The van der Waals surface area contributed by atoms with Gasteiger partial charge in [0.1, 0.15) is 0 Å². The summed E-state index contributed by atoms with van der Waals surface area (Å²) in [5.74, 6) is 0.913. The van der Waals surface area contributed by atoms with Gasteiger partial charge in [-0.05, 0) is 43.0 Å². The number of rotatable bonds is 4. The van der Waals surface area contributed by atoms with Crippen molar-refractivity contribution in [2.75, 3.05) is 44.3 Å². The highest BCUT2D eigenvalue weighted by Crippen LogP contribution is 2.22. The Morgan fingerprint density at radius 2 is 1.76 bits per heavy atom. The molecule has 3 heterocycles. The van der Waals surface area contributed by atoms with Crippen LogP contribution in [0.4, 0.5) is 5.95 Å². The number of nitrogens with zero attached hydrogens (tertiary/aromatic N) is 4. The van der Waals surface area contributed by atoms with Gasteiger partial charge in [-0.25, -0.2) is 9.97 Å². The Labute approximate surface area is 172 Å². The fourth-order valence-electron chi connectivity index (χ4n) is 4.16. The highest BCUT2D eigenvalue weighted by molar-refractivity contribution is 5.94. The van der Waals surface area contributed by atoms with Crippen molar-refractivity contribution in [3.05, 3.63) is 52.3 Å². The number of aryl methyl sites for hydroxylation is 2. The molecule has 0 unspecified atom stereocenters. The lowest BCUT2D eigenvalue weighted by atomic mass is 10.1. The predicted molar refractivity (Wildman–Crippen MR) is 114 cm³/mol. The second-order valence-electron chi connectivity index (χ2n) is 7.87. The minimum absolute atomic E-state index is 0.111. The fraction of sp³-hybridized carbons (Fsp3) is 0.522. The van der Waals surface area contributed by atoms with E-state index in [-0.39, 0.29) is 5.91 Å². The predicted octanol–water partition coefficient (Wildman–Crippen LogP) is 2.82. The van der Waals surface area contributed by atoms with Gasteiger partial charge in [-0.15, -0.1) is 0 Å². The second-order valence-corrected chi connectivity index (χ2v) is 7.87. The highest BCUT2D eigenvalue weighted by Gasteiger charge is 2.24. The minimum Gasteiger partial charge on any atom is -0.378 e. The third kappa shape index (κ3) is 4.42. The molecule has 4 rings (SSSR count). The lowest BCUT2D eigenvalue weighted by Crippen LogP contribution is -2.37. The molecular formula is C23H30N4O2. The third-order valence-corrected chi connectivity index (χ3v) is 5.86. The van der Waals surface area contributed by atoms with Crippen molar-refractivity contribution in [3.8, 4) is 0 Å². The number of morpholine rings is 1. The van der Waals surface area contributed by atoms with Crippen LogP contribution >= 0.6 is 0 Å².